The summed E-state index contributed by atoms with van der Waals surface area (Å²) in [6.07, 6.45) is 0.0617. The Morgan fingerprint density at radius 1 is 1.23 bits per heavy atom. The Bertz CT molecular complexity index is 1200. The van der Waals surface area contributed by atoms with E-state index in [-0.39, 0.29) is 17.8 Å². The number of fused-ring (bicyclic) bond motifs is 3. The van der Waals surface area contributed by atoms with Crippen LogP contribution in [0, 0.1) is 18.3 Å². The van der Waals surface area contributed by atoms with Gasteiger partial charge in [-0.1, -0.05) is 41.4 Å². The van der Waals surface area contributed by atoms with Crippen molar-refractivity contribution < 1.29 is 4.79 Å². The lowest BCUT2D eigenvalue weighted by atomic mass is 9.95. The van der Waals surface area contributed by atoms with Crippen LogP contribution in [0.1, 0.15) is 27.0 Å². The Hall–Kier alpha value is -3.30. The summed E-state index contributed by atoms with van der Waals surface area (Å²) in [4.78, 5) is 12.8. The Balaban J connectivity index is 1.94. The molecule has 0 aliphatic heterocycles. The zero-order valence-electron chi connectivity index (χ0n) is 13.8. The SMILES string of the molecule is Cc1ccc(C(=O)Cc2c(C#N)c3nnnn3c3ccc(Cl)cc23)cc1. The molecular formula is C19H12ClN5O. The molecule has 2 heterocycles. The largest absolute Gasteiger partial charge is 0.294 e. The van der Waals surface area contributed by atoms with Crippen molar-refractivity contribution >= 4 is 33.9 Å². The fraction of sp³-hybridized carbons (Fsp3) is 0.105. The molecule has 0 saturated heterocycles. The van der Waals surface area contributed by atoms with E-state index in [0.29, 0.717) is 32.7 Å². The number of carbonyl (C=O) groups excluding carboxylic acids is 1. The van der Waals surface area contributed by atoms with Crippen molar-refractivity contribution in [2.75, 3.05) is 0 Å². The molecule has 0 saturated carbocycles. The molecule has 2 aromatic heterocycles. The number of nitriles is 1. The summed E-state index contributed by atoms with van der Waals surface area (Å²) in [6, 6.07) is 14.7. The second-order valence-electron chi connectivity index (χ2n) is 6.01. The molecule has 0 spiro atoms. The van der Waals surface area contributed by atoms with Gasteiger partial charge in [-0.25, -0.2) is 0 Å². The van der Waals surface area contributed by atoms with E-state index in [1.54, 1.807) is 30.3 Å². The monoisotopic (exact) mass is 361 g/mol. The molecule has 4 aromatic rings. The van der Waals surface area contributed by atoms with Crippen LogP contribution in [0.3, 0.4) is 0 Å². The van der Waals surface area contributed by atoms with Crippen molar-refractivity contribution in [3.63, 3.8) is 0 Å². The molecule has 0 amide bonds. The van der Waals surface area contributed by atoms with Crippen LogP contribution in [0.2, 0.25) is 5.02 Å². The van der Waals surface area contributed by atoms with Crippen LogP contribution in [0.25, 0.3) is 16.6 Å². The number of Topliss-reactive ketones (excluding diaryl/α,β-unsaturated/α-hetero) is 1. The van der Waals surface area contributed by atoms with Gasteiger partial charge in [-0.2, -0.15) is 9.78 Å². The molecule has 0 bridgehead atoms. The summed E-state index contributed by atoms with van der Waals surface area (Å²) in [6.45, 7) is 1.96. The van der Waals surface area contributed by atoms with Crippen LogP contribution < -0.4 is 0 Å². The van der Waals surface area contributed by atoms with E-state index < -0.39 is 0 Å². The van der Waals surface area contributed by atoms with E-state index in [9.17, 15) is 10.1 Å². The number of hydrogen-bond donors (Lipinski definition) is 0. The van der Waals surface area contributed by atoms with Crippen molar-refractivity contribution in [2.45, 2.75) is 13.3 Å². The van der Waals surface area contributed by atoms with Gasteiger partial charge in [-0.05, 0) is 41.1 Å². The highest BCUT2D eigenvalue weighted by Gasteiger charge is 2.20. The standard InChI is InChI=1S/C19H12ClN5O/c1-11-2-4-12(5-3-11)18(26)9-14-15-8-13(20)6-7-17(15)25-19(16(14)10-21)22-23-24-25/h2-8H,9H2,1H3. The number of aromatic nitrogens is 4. The lowest BCUT2D eigenvalue weighted by Gasteiger charge is -2.10. The molecule has 7 heteroatoms. The Kier molecular flexibility index (Phi) is 3.86. The van der Waals surface area contributed by atoms with Gasteiger partial charge in [-0.3, -0.25) is 4.79 Å². The number of rotatable bonds is 3. The van der Waals surface area contributed by atoms with E-state index in [2.05, 4.69) is 21.6 Å². The lowest BCUT2D eigenvalue weighted by molar-refractivity contribution is 0.0993. The first-order chi connectivity index (χ1) is 12.6. The lowest BCUT2D eigenvalue weighted by Crippen LogP contribution is -2.08. The highest BCUT2D eigenvalue weighted by Crippen LogP contribution is 2.28. The number of ketones is 1. The summed E-state index contributed by atoms with van der Waals surface area (Å²) in [7, 11) is 0. The maximum atomic E-state index is 12.8. The maximum Gasteiger partial charge on any atom is 0.197 e. The van der Waals surface area contributed by atoms with Gasteiger partial charge in [0.1, 0.15) is 11.6 Å². The Morgan fingerprint density at radius 2 is 2.00 bits per heavy atom. The molecule has 0 aliphatic rings. The van der Waals surface area contributed by atoms with Gasteiger partial charge in [0.2, 0.25) is 0 Å². The molecule has 0 fully saturated rings. The minimum Gasteiger partial charge on any atom is -0.294 e. The predicted octanol–water partition coefficient (Wildman–Crippen LogP) is 3.54. The summed E-state index contributed by atoms with van der Waals surface area (Å²) in [5.41, 5.74) is 3.55. The number of aryl methyl sites for hydroxylation is 1. The molecule has 0 unspecified atom stereocenters. The van der Waals surface area contributed by atoms with Crippen molar-refractivity contribution in [1.82, 2.24) is 20.0 Å². The van der Waals surface area contributed by atoms with Crippen molar-refractivity contribution in [3.8, 4) is 6.07 Å². The van der Waals surface area contributed by atoms with Crippen molar-refractivity contribution in [2.24, 2.45) is 0 Å². The van der Waals surface area contributed by atoms with Gasteiger partial charge in [0.25, 0.3) is 0 Å². The van der Waals surface area contributed by atoms with Gasteiger partial charge in [0, 0.05) is 22.4 Å². The van der Waals surface area contributed by atoms with Crippen molar-refractivity contribution in [1.29, 1.82) is 5.26 Å². The van der Waals surface area contributed by atoms with Gasteiger partial charge < -0.3 is 0 Å². The van der Waals surface area contributed by atoms with E-state index >= 15 is 0 Å². The number of tetrazole rings is 1. The molecule has 0 aliphatic carbocycles. The third-order valence-corrected chi connectivity index (χ3v) is 4.56. The van der Waals surface area contributed by atoms with Crippen LogP contribution in [0.5, 0.6) is 0 Å². The number of nitrogens with zero attached hydrogens (tertiary/aromatic N) is 5. The number of hydrogen-bond acceptors (Lipinski definition) is 5. The summed E-state index contributed by atoms with van der Waals surface area (Å²) in [5.74, 6) is -0.0837. The highest BCUT2D eigenvalue weighted by molar-refractivity contribution is 6.31. The van der Waals surface area contributed by atoms with Crippen LogP contribution >= 0.6 is 11.6 Å². The third kappa shape index (κ3) is 2.59. The normalized spacial score (nSPS) is 11.0. The average molecular weight is 362 g/mol. The topological polar surface area (TPSA) is 83.9 Å². The third-order valence-electron chi connectivity index (χ3n) is 4.33. The minimum atomic E-state index is -0.0837. The predicted molar refractivity (Wildman–Crippen MR) is 97.2 cm³/mol. The Morgan fingerprint density at radius 3 is 2.73 bits per heavy atom. The van der Waals surface area contributed by atoms with Crippen LogP contribution in [0.15, 0.2) is 42.5 Å². The number of carbonyl (C=O) groups is 1. The molecule has 4 rings (SSSR count). The fourth-order valence-corrected chi connectivity index (χ4v) is 3.18. The number of halogens is 1. The zero-order chi connectivity index (χ0) is 18.3. The quantitative estimate of drug-likeness (QED) is 0.521. The number of benzene rings is 2. The second kappa shape index (κ2) is 6.21. The second-order valence-corrected chi connectivity index (χ2v) is 6.44. The fourth-order valence-electron chi connectivity index (χ4n) is 3.01. The smallest absolute Gasteiger partial charge is 0.197 e. The van der Waals surface area contributed by atoms with Crippen LogP contribution in [0.4, 0.5) is 0 Å². The van der Waals surface area contributed by atoms with E-state index in [4.69, 9.17) is 11.6 Å². The average Bonchev–Trinajstić information content (AvgIpc) is 3.12. The molecule has 0 atom stereocenters. The maximum absolute atomic E-state index is 12.8. The first-order valence-electron chi connectivity index (χ1n) is 7.90. The van der Waals surface area contributed by atoms with Gasteiger partial charge in [-0.15, -0.1) is 5.10 Å². The summed E-state index contributed by atoms with van der Waals surface area (Å²) in [5, 5.41) is 22.4. The molecule has 0 N–H and O–H groups in total. The van der Waals surface area contributed by atoms with Gasteiger partial charge in [0.15, 0.2) is 11.4 Å². The van der Waals surface area contributed by atoms with Crippen molar-refractivity contribution in [3.05, 3.63) is 69.7 Å². The summed E-state index contributed by atoms with van der Waals surface area (Å²) >= 11 is 6.15. The molecular weight excluding hydrogens is 350 g/mol. The molecule has 126 valence electrons. The molecule has 2 aromatic carbocycles. The zero-order valence-corrected chi connectivity index (χ0v) is 14.5. The first-order valence-corrected chi connectivity index (χ1v) is 8.28. The molecule has 26 heavy (non-hydrogen) atoms. The summed E-state index contributed by atoms with van der Waals surface area (Å²) < 4.78 is 1.49. The first kappa shape index (κ1) is 16.2. The van der Waals surface area contributed by atoms with Gasteiger partial charge in [0.05, 0.1) is 5.52 Å². The highest BCUT2D eigenvalue weighted by atomic mass is 35.5. The molecule has 0 radical (unpaired) electrons. The molecule has 6 nitrogen and oxygen atoms in total. The Labute approximate surface area is 153 Å². The van der Waals surface area contributed by atoms with E-state index in [0.717, 1.165) is 5.56 Å². The van der Waals surface area contributed by atoms with E-state index in [1.807, 2.05) is 19.1 Å². The minimum absolute atomic E-state index is 0.0617. The van der Waals surface area contributed by atoms with E-state index in [1.165, 1.54) is 4.52 Å². The van der Waals surface area contributed by atoms with Crippen LogP contribution in [-0.4, -0.2) is 25.8 Å². The van der Waals surface area contributed by atoms with Crippen LogP contribution in [-0.2, 0) is 6.42 Å². The van der Waals surface area contributed by atoms with Gasteiger partial charge >= 0.3 is 0 Å². The number of pyridine rings is 1.